The van der Waals surface area contributed by atoms with Gasteiger partial charge in [-0.25, -0.2) is 4.39 Å². The summed E-state index contributed by atoms with van der Waals surface area (Å²) in [6.45, 7) is 3.38. The minimum absolute atomic E-state index is 0. The van der Waals surface area contributed by atoms with Crippen molar-refractivity contribution in [2.45, 2.75) is 13.0 Å². The van der Waals surface area contributed by atoms with Crippen molar-refractivity contribution in [3.8, 4) is 0 Å². The molecule has 1 aromatic heterocycles. The average molecular weight is 519 g/mol. The summed E-state index contributed by atoms with van der Waals surface area (Å²) < 4.78 is 13.5. The van der Waals surface area contributed by atoms with E-state index in [0.29, 0.717) is 13.1 Å². The number of anilines is 1. The van der Waals surface area contributed by atoms with Crippen molar-refractivity contribution in [1.29, 1.82) is 0 Å². The quantitative estimate of drug-likeness (QED) is 0.198. The van der Waals surface area contributed by atoms with Gasteiger partial charge in [-0.05, 0) is 47.9 Å². The molecule has 0 amide bonds. The standard InChI is InChI=1S/C23H26FN5.HI/c1-25-23(26-11-10-18-16-27-22-9-6-19(24)14-21(18)22)28-15-17-4-7-20(8-5-17)29-12-2-3-13-29;/h2-9,14,16,27H,10-13,15H2,1H3,(H2,25,26,28);1H. The first kappa shape index (κ1) is 22.1. The SMILES string of the molecule is CN=C(NCCc1c[nH]c2ccc(F)cc12)NCc1ccc(N2CC=CC2)cc1.I. The van der Waals surface area contributed by atoms with Crippen molar-refractivity contribution in [2.75, 3.05) is 31.6 Å². The maximum Gasteiger partial charge on any atom is 0.191 e. The predicted octanol–water partition coefficient (Wildman–Crippen LogP) is 4.21. The second kappa shape index (κ2) is 10.5. The van der Waals surface area contributed by atoms with Gasteiger partial charge in [-0.2, -0.15) is 0 Å². The first-order valence-corrected chi connectivity index (χ1v) is 9.92. The molecule has 3 N–H and O–H groups in total. The Labute approximate surface area is 193 Å². The van der Waals surface area contributed by atoms with Crippen LogP contribution in [0.2, 0.25) is 0 Å². The maximum absolute atomic E-state index is 13.5. The van der Waals surface area contributed by atoms with Crippen LogP contribution in [0.5, 0.6) is 0 Å². The second-order valence-electron chi connectivity index (χ2n) is 7.15. The Kier molecular flexibility index (Phi) is 7.73. The zero-order valence-corrected chi connectivity index (χ0v) is 19.3. The van der Waals surface area contributed by atoms with Gasteiger partial charge in [-0.15, -0.1) is 24.0 Å². The second-order valence-corrected chi connectivity index (χ2v) is 7.15. The number of aliphatic imine (C=N–C) groups is 1. The number of fused-ring (bicyclic) bond motifs is 1. The highest BCUT2D eigenvalue weighted by Crippen LogP contribution is 2.20. The number of hydrogen-bond donors (Lipinski definition) is 3. The molecule has 0 unspecified atom stereocenters. The zero-order valence-electron chi connectivity index (χ0n) is 17.0. The number of halogens is 2. The summed E-state index contributed by atoms with van der Waals surface area (Å²) in [6.07, 6.45) is 7.11. The van der Waals surface area contributed by atoms with Crippen molar-refractivity contribution in [2.24, 2.45) is 4.99 Å². The molecular weight excluding hydrogens is 492 g/mol. The lowest BCUT2D eigenvalue weighted by molar-refractivity contribution is 0.629. The molecule has 0 fully saturated rings. The third-order valence-electron chi connectivity index (χ3n) is 5.22. The molecule has 1 aliphatic rings. The van der Waals surface area contributed by atoms with Gasteiger partial charge in [0.05, 0.1) is 0 Å². The number of rotatable bonds is 6. The molecule has 2 aromatic carbocycles. The lowest BCUT2D eigenvalue weighted by Crippen LogP contribution is -2.37. The Bertz CT molecular complexity index is 1020. The largest absolute Gasteiger partial charge is 0.364 e. The fourth-order valence-corrected chi connectivity index (χ4v) is 3.59. The monoisotopic (exact) mass is 519 g/mol. The normalized spacial score (nSPS) is 13.5. The number of benzene rings is 2. The number of H-pyrrole nitrogens is 1. The Hall–Kier alpha value is -2.55. The van der Waals surface area contributed by atoms with Crippen LogP contribution in [0.1, 0.15) is 11.1 Å². The van der Waals surface area contributed by atoms with Crippen molar-refractivity contribution in [3.63, 3.8) is 0 Å². The average Bonchev–Trinajstić information content (AvgIpc) is 3.41. The van der Waals surface area contributed by atoms with Crippen molar-refractivity contribution in [1.82, 2.24) is 15.6 Å². The van der Waals surface area contributed by atoms with Gasteiger partial charge < -0.3 is 20.5 Å². The predicted molar refractivity (Wildman–Crippen MR) is 133 cm³/mol. The third kappa shape index (κ3) is 5.33. The van der Waals surface area contributed by atoms with Crippen LogP contribution in [0.25, 0.3) is 10.9 Å². The Morgan fingerprint density at radius 2 is 1.87 bits per heavy atom. The summed E-state index contributed by atoms with van der Waals surface area (Å²) in [6, 6.07) is 13.4. The van der Waals surface area contributed by atoms with Gasteiger partial charge in [-0.1, -0.05) is 24.3 Å². The number of nitrogens with zero attached hydrogens (tertiary/aromatic N) is 2. The molecule has 3 aromatic rings. The Morgan fingerprint density at radius 3 is 2.60 bits per heavy atom. The van der Waals surface area contributed by atoms with Gasteiger partial charge in [0.25, 0.3) is 0 Å². The van der Waals surface area contributed by atoms with E-state index in [9.17, 15) is 4.39 Å². The molecule has 0 spiro atoms. The van der Waals surface area contributed by atoms with Crippen molar-refractivity contribution < 1.29 is 4.39 Å². The van der Waals surface area contributed by atoms with E-state index in [1.54, 1.807) is 19.2 Å². The molecule has 0 radical (unpaired) electrons. The fraction of sp³-hybridized carbons (Fsp3) is 0.261. The molecule has 1 aliphatic heterocycles. The van der Waals surface area contributed by atoms with E-state index in [1.807, 2.05) is 6.20 Å². The van der Waals surface area contributed by atoms with E-state index >= 15 is 0 Å². The highest BCUT2D eigenvalue weighted by atomic mass is 127. The number of hydrogen-bond acceptors (Lipinski definition) is 2. The summed E-state index contributed by atoms with van der Waals surface area (Å²) in [7, 11) is 1.76. The van der Waals surface area contributed by atoms with Crippen molar-refractivity contribution in [3.05, 3.63) is 77.8 Å². The molecule has 0 aliphatic carbocycles. The van der Waals surface area contributed by atoms with Gasteiger partial charge in [0, 0.05) is 56.0 Å². The van der Waals surface area contributed by atoms with E-state index in [-0.39, 0.29) is 29.8 Å². The molecule has 2 heterocycles. The summed E-state index contributed by atoms with van der Waals surface area (Å²) in [5.74, 6) is 0.541. The minimum atomic E-state index is -0.212. The molecule has 7 heteroatoms. The number of aromatic amines is 1. The maximum atomic E-state index is 13.5. The fourth-order valence-electron chi connectivity index (χ4n) is 3.59. The topological polar surface area (TPSA) is 55.5 Å². The number of guanidine groups is 1. The van der Waals surface area contributed by atoms with Crippen LogP contribution in [0.3, 0.4) is 0 Å². The molecule has 158 valence electrons. The van der Waals surface area contributed by atoms with E-state index < -0.39 is 0 Å². The van der Waals surface area contributed by atoms with Gasteiger partial charge in [-0.3, -0.25) is 4.99 Å². The van der Waals surface area contributed by atoms with E-state index in [0.717, 1.165) is 41.9 Å². The zero-order chi connectivity index (χ0) is 20.1. The van der Waals surface area contributed by atoms with Gasteiger partial charge in [0.1, 0.15) is 5.82 Å². The molecule has 30 heavy (non-hydrogen) atoms. The Morgan fingerprint density at radius 1 is 1.10 bits per heavy atom. The lowest BCUT2D eigenvalue weighted by Gasteiger charge is -2.18. The summed E-state index contributed by atoms with van der Waals surface area (Å²) >= 11 is 0. The van der Waals surface area contributed by atoms with Gasteiger partial charge in [0.15, 0.2) is 5.96 Å². The molecule has 0 saturated carbocycles. The highest BCUT2D eigenvalue weighted by Gasteiger charge is 2.08. The first-order valence-electron chi connectivity index (χ1n) is 9.92. The first-order chi connectivity index (χ1) is 14.2. The minimum Gasteiger partial charge on any atom is -0.364 e. The summed E-state index contributed by atoms with van der Waals surface area (Å²) in [5.41, 5.74) is 4.50. The lowest BCUT2D eigenvalue weighted by atomic mass is 10.1. The summed E-state index contributed by atoms with van der Waals surface area (Å²) in [4.78, 5) is 9.81. The van der Waals surface area contributed by atoms with Crippen LogP contribution in [0, 0.1) is 5.82 Å². The molecule has 5 nitrogen and oxygen atoms in total. The van der Waals surface area contributed by atoms with Crippen LogP contribution in [0.15, 0.2) is 65.8 Å². The Balaban J connectivity index is 0.00000256. The van der Waals surface area contributed by atoms with Crippen LogP contribution >= 0.6 is 24.0 Å². The molecule has 0 saturated heterocycles. The molecule has 4 rings (SSSR count). The van der Waals surface area contributed by atoms with Crippen LogP contribution in [-0.4, -0.2) is 37.6 Å². The third-order valence-corrected chi connectivity index (χ3v) is 5.22. The van der Waals surface area contributed by atoms with Crippen molar-refractivity contribution >= 4 is 46.5 Å². The molecule has 0 bridgehead atoms. The molecular formula is C23H27FIN5. The van der Waals surface area contributed by atoms with Crippen LogP contribution < -0.4 is 15.5 Å². The number of aromatic nitrogens is 1. The van der Waals surface area contributed by atoms with Crippen LogP contribution in [0.4, 0.5) is 10.1 Å². The van der Waals surface area contributed by atoms with Gasteiger partial charge in [0.2, 0.25) is 0 Å². The molecule has 0 atom stereocenters. The van der Waals surface area contributed by atoms with E-state index in [1.165, 1.54) is 17.3 Å². The van der Waals surface area contributed by atoms with Gasteiger partial charge >= 0.3 is 0 Å². The van der Waals surface area contributed by atoms with Crippen LogP contribution in [-0.2, 0) is 13.0 Å². The number of nitrogens with one attached hydrogen (secondary N) is 3. The van der Waals surface area contributed by atoms with E-state index in [4.69, 9.17) is 0 Å². The van der Waals surface area contributed by atoms with E-state index in [2.05, 4.69) is 61.9 Å². The highest BCUT2D eigenvalue weighted by molar-refractivity contribution is 14.0. The summed E-state index contributed by atoms with van der Waals surface area (Å²) in [5, 5.41) is 7.61. The smallest absolute Gasteiger partial charge is 0.191 e.